The van der Waals surface area contributed by atoms with Gasteiger partial charge in [-0.1, -0.05) is 6.92 Å². The largest absolute Gasteiger partial charge is 0.497 e. The van der Waals surface area contributed by atoms with Crippen LogP contribution in [-0.4, -0.2) is 16.9 Å². The van der Waals surface area contributed by atoms with Gasteiger partial charge < -0.3 is 10.1 Å². The quantitative estimate of drug-likeness (QED) is 0.866. The van der Waals surface area contributed by atoms with Crippen molar-refractivity contribution in [2.45, 2.75) is 33.4 Å². The van der Waals surface area contributed by atoms with E-state index in [9.17, 15) is 0 Å². The van der Waals surface area contributed by atoms with Gasteiger partial charge >= 0.3 is 0 Å². The molecule has 0 atom stereocenters. The van der Waals surface area contributed by atoms with Crippen molar-refractivity contribution in [3.63, 3.8) is 0 Å². The van der Waals surface area contributed by atoms with Gasteiger partial charge in [0.1, 0.15) is 5.75 Å². The Kier molecular flexibility index (Phi) is 4.44. The Morgan fingerprint density at radius 2 is 1.95 bits per heavy atom. The minimum Gasteiger partial charge on any atom is -0.497 e. The van der Waals surface area contributed by atoms with Gasteiger partial charge in [-0.05, 0) is 43.7 Å². The monoisotopic (exact) mass is 259 g/mol. The van der Waals surface area contributed by atoms with Gasteiger partial charge in [0.05, 0.1) is 25.0 Å². The van der Waals surface area contributed by atoms with E-state index in [1.165, 1.54) is 5.69 Å². The molecule has 0 saturated carbocycles. The lowest BCUT2D eigenvalue weighted by Crippen LogP contribution is -2.07. The topological polar surface area (TPSA) is 39.1 Å². The molecular formula is C15H21N3O. The second kappa shape index (κ2) is 6.27. The van der Waals surface area contributed by atoms with Crippen LogP contribution >= 0.6 is 0 Å². The Morgan fingerprint density at radius 3 is 2.53 bits per heavy atom. The van der Waals surface area contributed by atoms with Crippen LogP contribution in [0.15, 0.2) is 30.3 Å². The highest BCUT2D eigenvalue weighted by Crippen LogP contribution is 2.16. The molecule has 2 rings (SSSR count). The molecule has 1 aromatic carbocycles. The van der Waals surface area contributed by atoms with Gasteiger partial charge in [0.15, 0.2) is 0 Å². The van der Waals surface area contributed by atoms with Crippen LogP contribution in [0.25, 0.3) is 0 Å². The number of anilines is 1. The fourth-order valence-electron chi connectivity index (χ4n) is 2.01. The zero-order chi connectivity index (χ0) is 13.7. The second-order valence-electron chi connectivity index (χ2n) is 4.38. The predicted molar refractivity (Wildman–Crippen MR) is 77.6 cm³/mol. The SMILES string of the molecule is CCc1cc(CNc2ccc(OC)cc2)n(CC)n1. The molecule has 0 radical (unpaired) electrons. The molecule has 0 spiro atoms. The molecule has 0 saturated heterocycles. The molecule has 0 bridgehead atoms. The van der Waals surface area contributed by atoms with Crippen molar-refractivity contribution < 1.29 is 4.74 Å². The summed E-state index contributed by atoms with van der Waals surface area (Å²) in [5.74, 6) is 0.873. The molecule has 1 heterocycles. The van der Waals surface area contributed by atoms with Crippen molar-refractivity contribution in [1.29, 1.82) is 0 Å². The first-order valence-electron chi connectivity index (χ1n) is 6.70. The van der Waals surface area contributed by atoms with Crippen molar-refractivity contribution in [1.82, 2.24) is 9.78 Å². The smallest absolute Gasteiger partial charge is 0.119 e. The summed E-state index contributed by atoms with van der Waals surface area (Å²) in [6, 6.07) is 10.1. The van der Waals surface area contributed by atoms with Gasteiger partial charge in [0.25, 0.3) is 0 Å². The lowest BCUT2D eigenvalue weighted by molar-refractivity contribution is 0.415. The van der Waals surface area contributed by atoms with Crippen LogP contribution in [-0.2, 0) is 19.5 Å². The molecule has 0 aliphatic rings. The average Bonchev–Trinajstić information content (AvgIpc) is 2.88. The molecule has 102 valence electrons. The molecule has 4 nitrogen and oxygen atoms in total. The number of benzene rings is 1. The van der Waals surface area contributed by atoms with E-state index in [1.807, 2.05) is 24.3 Å². The Morgan fingerprint density at radius 1 is 1.21 bits per heavy atom. The van der Waals surface area contributed by atoms with Crippen LogP contribution in [0, 0.1) is 0 Å². The van der Waals surface area contributed by atoms with E-state index >= 15 is 0 Å². The summed E-state index contributed by atoms with van der Waals surface area (Å²) in [6.07, 6.45) is 0.975. The van der Waals surface area contributed by atoms with Gasteiger partial charge in [-0.2, -0.15) is 5.10 Å². The van der Waals surface area contributed by atoms with Crippen LogP contribution in [0.2, 0.25) is 0 Å². The highest BCUT2D eigenvalue weighted by Gasteiger charge is 2.05. The van der Waals surface area contributed by atoms with E-state index in [0.717, 1.165) is 36.6 Å². The number of ether oxygens (including phenoxy) is 1. The van der Waals surface area contributed by atoms with Crippen LogP contribution in [0.1, 0.15) is 25.2 Å². The van der Waals surface area contributed by atoms with Gasteiger partial charge in [-0.25, -0.2) is 0 Å². The molecule has 2 aromatic rings. The van der Waals surface area contributed by atoms with Crippen LogP contribution in [0.5, 0.6) is 5.75 Å². The van der Waals surface area contributed by atoms with E-state index in [2.05, 4.69) is 35.0 Å². The van der Waals surface area contributed by atoms with Crippen LogP contribution in [0.4, 0.5) is 5.69 Å². The summed E-state index contributed by atoms with van der Waals surface area (Å²) in [7, 11) is 1.68. The van der Waals surface area contributed by atoms with E-state index in [4.69, 9.17) is 4.74 Å². The van der Waals surface area contributed by atoms with E-state index in [-0.39, 0.29) is 0 Å². The van der Waals surface area contributed by atoms with E-state index in [0.29, 0.717) is 0 Å². The Hall–Kier alpha value is -1.97. The number of hydrogen-bond donors (Lipinski definition) is 1. The highest BCUT2D eigenvalue weighted by molar-refractivity contribution is 5.46. The summed E-state index contributed by atoms with van der Waals surface area (Å²) >= 11 is 0. The maximum absolute atomic E-state index is 5.14. The predicted octanol–water partition coefficient (Wildman–Crippen LogP) is 3.09. The van der Waals surface area contributed by atoms with Gasteiger partial charge in [-0.3, -0.25) is 4.68 Å². The Labute approximate surface area is 114 Å². The summed E-state index contributed by atoms with van der Waals surface area (Å²) in [4.78, 5) is 0. The van der Waals surface area contributed by atoms with Gasteiger partial charge in [0.2, 0.25) is 0 Å². The fraction of sp³-hybridized carbons (Fsp3) is 0.400. The Balaban J connectivity index is 2.02. The van der Waals surface area contributed by atoms with E-state index < -0.39 is 0 Å². The average molecular weight is 259 g/mol. The number of methoxy groups -OCH3 is 1. The molecule has 0 fully saturated rings. The molecule has 1 aromatic heterocycles. The van der Waals surface area contributed by atoms with Crippen LogP contribution < -0.4 is 10.1 Å². The summed E-state index contributed by atoms with van der Waals surface area (Å²) in [5, 5.41) is 7.95. The van der Waals surface area contributed by atoms with Crippen molar-refractivity contribution in [2.75, 3.05) is 12.4 Å². The molecule has 0 unspecified atom stereocenters. The Bertz CT molecular complexity index is 517. The number of nitrogens with zero attached hydrogens (tertiary/aromatic N) is 2. The van der Waals surface area contributed by atoms with Crippen molar-refractivity contribution >= 4 is 5.69 Å². The van der Waals surface area contributed by atoms with E-state index in [1.54, 1.807) is 7.11 Å². The number of hydrogen-bond acceptors (Lipinski definition) is 3. The molecule has 0 aliphatic carbocycles. The summed E-state index contributed by atoms with van der Waals surface area (Å²) in [6.45, 7) is 5.93. The highest BCUT2D eigenvalue weighted by atomic mass is 16.5. The summed E-state index contributed by atoms with van der Waals surface area (Å²) in [5.41, 5.74) is 3.45. The third-order valence-corrected chi connectivity index (χ3v) is 3.14. The maximum Gasteiger partial charge on any atom is 0.119 e. The molecule has 0 amide bonds. The zero-order valence-corrected chi connectivity index (χ0v) is 11.8. The van der Waals surface area contributed by atoms with Crippen LogP contribution in [0.3, 0.4) is 0 Å². The molecule has 1 N–H and O–H groups in total. The minimum atomic E-state index is 0.785. The minimum absolute atomic E-state index is 0.785. The first-order valence-corrected chi connectivity index (χ1v) is 6.70. The first kappa shape index (κ1) is 13.5. The number of nitrogens with one attached hydrogen (secondary N) is 1. The van der Waals surface area contributed by atoms with Crippen molar-refractivity contribution in [2.24, 2.45) is 0 Å². The second-order valence-corrected chi connectivity index (χ2v) is 4.38. The summed E-state index contributed by atoms with van der Waals surface area (Å²) < 4.78 is 7.20. The molecule has 19 heavy (non-hydrogen) atoms. The third-order valence-electron chi connectivity index (χ3n) is 3.14. The third kappa shape index (κ3) is 3.28. The fourth-order valence-corrected chi connectivity index (χ4v) is 2.01. The normalized spacial score (nSPS) is 10.5. The molecule has 0 aliphatic heterocycles. The van der Waals surface area contributed by atoms with Crippen molar-refractivity contribution in [3.05, 3.63) is 41.7 Å². The maximum atomic E-state index is 5.14. The lowest BCUT2D eigenvalue weighted by Gasteiger charge is -2.08. The molecular weight excluding hydrogens is 238 g/mol. The van der Waals surface area contributed by atoms with Gasteiger partial charge in [0, 0.05) is 12.2 Å². The number of aromatic nitrogens is 2. The molecule has 4 heteroatoms. The number of aryl methyl sites for hydroxylation is 2. The standard InChI is InChI=1S/C15H21N3O/c1-4-12-10-14(18(5-2)17-12)11-16-13-6-8-15(19-3)9-7-13/h6-10,16H,4-5,11H2,1-3H3. The zero-order valence-electron chi connectivity index (χ0n) is 11.8. The van der Waals surface area contributed by atoms with Crippen molar-refractivity contribution in [3.8, 4) is 5.75 Å². The number of rotatable bonds is 6. The lowest BCUT2D eigenvalue weighted by atomic mass is 10.2. The first-order chi connectivity index (χ1) is 9.26. The van der Waals surface area contributed by atoms with Gasteiger partial charge in [-0.15, -0.1) is 0 Å².